The summed E-state index contributed by atoms with van der Waals surface area (Å²) < 4.78 is 2.11. The summed E-state index contributed by atoms with van der Waals surface area (Å²) >= 11 is 1.67. The first kappa shape index (κ1) is 53.3. The molecule has 0 fully saturated rings. The SMILES string of the molecule is CC.CC.CC.CC.CC.CC.CC.O=C1c2ccccc2C(=O)c2ccccc21.O=c1c2ccccc2sc2ccccc12.c1ccc2cc3ccccc3cc2c1. The van der Waals surface area contributed by atoms with Gasteiger partial charge in [0.25, 0.3) is 0 Å². The van der Waals surface area contributed by atoms with E-state index < -0.39 is 0 Å². The number of ketones is 2. The average Bonchev–Trinajstić information content (AvgIpc) is 3.35. The Bertz CT molecular complexity index is 2190. The minimum atomic E-state index is -0.0641. The molecule has 0 aliphatic heterocycles. The molecule has 0 unspecified atom stereocenters. The maximum absolute atomic E-state index is 12.1. The lowest BCUT2D eigenvalue weighted by Gasteiger charge is -2.16. The monoisotopic (exact) mass is 808 g/mol. The van der Waals surface area contributed by atoms with Crippen molar-refractivity contribution in [1.29, 1.82) is 0 Å². The molecule has 1 heterocycles. The third kappa shape index (κ3) is 14.3. The van der Waals surface area contributed by atoms with Crippen molar-refractivity contribution in [1.82, 2.24) is 0 Å². The summed E-state index contributed by atoms with van der Waals surface area (Å²) in [4.78, 5) is 36.3. The Labute approximate surface area is 359 Å². The predicted octanol–water partition coefficient (Wildman–Crippen LogP) is 17.1. The molecule has 3 nitrogen and oxygen atoms in total. The second kappa shape index (κ2) is 31.3. The zero-order valence-corrected chi connectivity index (χ0v) is 39.0. The van der Waals surface area contributed by atoms with E-state index in [0.717, 1.165) is 20.2 Å². The van der Waals surface area contributed by atoms with Crippen LogP contribution in [0.4, 0.5) is 0 Å². The van der Waals surface area contributed by atoms with Crippen molar-refractivity contribution >= 4 is 64.6 Å². The van der Waals surface area contributed by atoms with Crippen molar-refractivity contribution < 1.29 is 9.59 Å². The molecule has 7 aromatic carbocycles. The Morgan fingerprint density at radius 3 is 0.780 bits per heavy atom. The normalized spacial score (nSPS) is 9.66. The van der Waals surface area contributed by atoms with Gasteiger partial charge in [-0.2, -0.15) is 0 Å². The zero-order valence-electron chi connectivity index (χ0n) is 38.1. The lowest BCUT2D eigenvalue weighted by molar-refractivity contribution is 0.0979. The molecule has 4 heteroatoms. The van der Waals surface area contributed by atoms with Crippen LogP contribution in [-0.2, 0) is 0 Å². The van der Waals surface area contributed by atoms with E-state index in [-0.39, 0.29) is 17.0 Å². The molecule has 59 heavy (non-hydrogen) atoms. The first-order valence-electron chi connectivity index (χ1n) is 21.6. The van der Waals surface area contributed by atoms with E-state index in [0.29, 0.717) is 22.3 Å². The molecule has 0 atom stereocenters. The Balaban J connectivity index is 0.000000744. The molecule has 0 radical (unpaired) electrons. The van der Waals surface area contributed by atoms with Crippen LogP contribution in [0, 0.1) is 0 Å². The Morgan fingerprint density at radius 1 is 0.288 bits per heavy atom. The Hall–Kier alpha value is -5.71. The van der Waals surface area contributed by atoms with Gasteiger partial charge in [-0.15, -0.1) is 11.3 Å². The van der Waals surface area contributed by atoms with Crippen LogP contribution >= 0.6 is 11.3 Å². The average molecular weight is 809 g/mol. The molecule has 1 aliphatic carbocycles. The van der Waals surface area contributed by atoms with E-state index in [4.69, 9.17) is 0 Å². The van der Waals surface area contributed by atoms with Gasteiger partial charge in [-0.3, -0.25) is 14.4 Å². The number of hydrogen-bond donors (Lipinski definition) is 0. The van der Waals surface area contributed by atoms with Crippen molar-refractivity contribution in [3.05, 3.63) is 190 Å². The van der Waals surface area contributed by atoms with Crippen LogP contribution in [0.25, 0.3) is 41.7 Å². The minimum Gasteiger partial charge on any atom is -0.289 e. The van der Waals surface area contributed by atoms with Gasteiger partial charge in [-0.05, 0) is 57.9 Å². The molecule has 1 aromatic heterocycles. The van der Waals surface area contributed by atoms with E-state index in [2.05, 4.69) is 60.7 Å². The van der Waals surface area contributed by atoms with Gasteiger partial charge in [0.05, 0.1) is 0 Å². The summed E-state index contributed by atoms with van der Waals surface area (Å²) in [5.74, 6) is -0.128. The van der Waals surface area contributed by atoms with Crippen LogP contribution in [0.15, 0.2) is 163 Å². The van der Waals surface area contributed by atoms with Crippen LogP contribution in [0.3, 0.4) is 0 Å². The van der Waals surface area contributed by atoms with Gasteiger partial charge in [0, 0.05) is 42.4 Å². The van der Waals surface area contributed by atoms with Crippen LogP contribution < -0.4 is 5.43 Å². The fraction of sp³-hybridized carbons (Fsp3) is 0.255. The van der Waals surface area contributed by atoms with Crippen molar-refractivity contribution in [2.45, 2.75) is 96.9 Å². The number of hydrogen-bond acceptors (Lipinski definition) is 4. The number of fused-ring (bicyclic) bond motifs is 6. The number of benzene rings is 7. The quantitative estimate of drug-likeness (QED) is 0.143. The highest BCUT2D eigenvalue weighted by atomic mass is 32.1. The molecule has 0 saturated carbocycles. The van der Waals surface area contributed by atoms with E-state index in [1.54, 1.807) is 59.9 Å². The van der Waals surface area contributed by atoms with Gasteiger partial charge in [-0.25, -0.2) is 0 Å². The minimum absolute atomic E-state index is 0.0641. The standard InChI is InChI=1S/C14H8O2.C14H10.C13H8OS.7C2H6/c15-13-9-5-1-2-6-10(9)14(16)12-8-4-3-7-11(12)13;1-2-6-12-10-14-8-4-3-7-13(14)9-11(12)5-1;14-13-9-5-1-3-7-11(9)15-12-8-4-2-6-10(12)13;7*1-2/h1-8H;1-10H;1-8H;7*1-2H3. The van der Waals surface area contributed by atoms with Crippen LogP contribution in [0.2, 0.25) is 0 Å². The molecule has 8 aromatic rings. The molecule has 0 spiro atoms. The first-order chi connectivity index (χ1) is 29.1. The summed E-state index contributed by atoms with van der Waals surface area (Å²) in [6.45, 7) is 28.0. The van der Waals surface area contributed by atoms with E-state index in [1.807, 2.05) is 145 Å². The fourth-order valence-corrected chi connectivity index (χ4v) is 6.75. The molecule has 312 valence electrons. The van der Waals surface area contributed by atoms with Gasteiger partial charge in [0.2, 0.25) is 0 Å². The highest BCUT2D eigenvalue weighted by Crippen LogP contribution is 2.27. The van der Waals surface area contributed by atoms with Gasteiger partial charge >= 0.3 is 0 Å². The fourth-order valence-electron chi connectivity index (χ4n) is 5.68. The number of carbonyl (C=O) groups excluding carboxylic acids is 2. The van der Waals surface area contributed by atoms with Gasteiger partial charge in [0.1, 0.15) is 0 Å². The Kier molecular flexibility index (Phi) is 28.3. The first-order valence-corrected chi connectivity index (χ1v) is 22.5. The maximum atomic E-state index is 12.1. The predicted molar refractivity (Wildman–Crippen MR) is 266 cm³/mol. The second-order valence-electron chi connectivity index (χ2n) is 10.7. The summed E-state index contributed by atoms with van der Waals surface area (Å²) in [6.07, 6.45) is 0. The lowest BCUT2D eigenvalue weighted by atomic mass is 9.84. The van der Waals surface area contributed by atoms with Crippen LogP contribution in [-0.4, -0.2) is 11.6 Å². The van der Waals surface area contributed by atoms with Crippen molar-refractivity contribution in [2.24, 2.45) is 0 Å². The molecular formula is C55H68O3S. The maximum Gasteiger partial charge on any atom is 0.195 e. The smallest absolute Gasteiger partial charge is 0.195 e. The molecule has 0 N–H and O–H groups in total. The topological polar surface area (TPSA) is 51.2 Å². The van der Waals surface area contributed by atoms with Gasteiger partial charge in [0.15, 0.2) is 17.0 Å². The van der Waals surface area contributed by atoms with Crippen molar-refractivity contribution in [3.63, 3.8) is 0 Å². The Morgan fingerprint density at radius 2 is 0.508 bits per heavy atom. The molecule has 0 bridgehead atoms. The van der Waals surface area contributed by atoms with Gasteiger partial charge in [-0.1, -0.05) is 218 Å². The summed E-state index contributed by atoms with van der Waals surface area (Å²) in [7, 11) is 0. The number of carbonyl (C=O) groups is 2. The summed E-state index contributed by atoms with van der Waals surface area (Å²) in [6, 6.07) is 50.8. The van der Waals surface area contributed by atoms with E-state index in [9.17, 15) is 14.4 Å². The molecule has 1 aliphatic rings. The van der Waals surface area contributed by atoms with Crippen molar-refractivity contribution in [2.75, 3.05) is 0 Å². The molecule has 0 amide bonds. The van der Waals surface area contributed by atoms with Gasteiger partial charge < -0.3 is 0 Å². The third-order valence-electron chi connectivity index (χ3n) is 7.93. The van der Waals surface area contributed by atoms with E-state index in [1.165, 1.54) is 21.5 Å². The lowest BCUT2D eigenvalue weighted by Crippen LogP contribution is -2.20. The number of rotatable bonds is 0. The molecular weight excluding hydrogens is 741 g/mol. The summed E-state index contributed by atoms with van der Waals surface area (Å²) in [5.41, 5.74) is 2.16. The second-order valence-corrected chi connectivity index (χ2v) is 11.8. The van der Waals surface area contributed by atoms with Crippen molar-refractivity contribution in [3.8, 4) is 0 Å². The van der Waals surface area contributed by atoms with Crippen LogP contribution in [0.5, 0.6) is 0 Å². The van der Waals surface area contributed by atoms with E-state index >= 15 is 0 Å². The largest absolute Gasteiger partial charge is 0.289 e. The molecule has 0 saturated heterocycles. The highest BCUT2D eigenvalue weighted by Gasteiger charge is 2.28. The third-order valence-corrected chi connectivity index (χ3v) is 9.08. The zero-order chi connectivity index (χ0) is 44.8. The highest BCUT2D eigenvalue weighted by molar-refractivity contribution is 7.24. The van der Waals surface area contributed by atoms with Crippen LogP contribution in [0.1, 0.15) is 129 Å². The summed E-state index contributed by atoms with van der Waals surface area (Å²) in [5, 5.41) is 6.89. The molecule has 9 rings (SSSR count).